The lowest BCUT2D eigenvalue weighted by Gasteiger charge is -2.31. The number of rotatable bonds is 17. The minimum absolute atomic E-state index is 0.0107. The van der Waals surface area contributed by atoms with E-state index in [0.29, 0.717) is 22.0 Å². The van der Waals surface area contributed by atoms with E-state index in [1.54, 1.807) is 81.6 Å². The Morgan fingerprint density at radius 2 is 1.67 bits per heavy atom. The van der Waals surface area contributed by atoms with Crippen LogP contribution in [-0.4, -0.2) is 86.1 Å². The average molecular weight is 796 g/mol. The van der Waals surface area contributed by atoms with Crippen molar-refractivity contribution < 1.29 is 37.0 Å². The number of methoxy groups -OCH3 is 1. The highest BCUT2D eigenvalue weighted by atomic mass is 35.5. The van der Waals surface area contributed by atoms with Gasteiger partial charge in [0.25, 0.3) is 0 Å². The summed E-state index contributed by atoms with van der Waals surface area (Å²) in [6, 6.07) is 20.1. The maximum Gasteiger partial charge on any atom is 0.410 e. The highest BCUT2D eigenvalue weighted by Crippen LogP contribution is 2.33. The molecular formula is C40H47ClFN5O7S. The molecule has 1 heterocycles. The lowest BCUT2D eigenvalue weighted by molar-refractivity contribution is -0.117. The third kappa shape index (κ3) is 12.3. The SMILES string of the molecule is C=N[C@H](C(=O)Nc1cccc(F)c1CC[C@@H](CN(C[C@H](C)O)C(=O)OC(C)(C)C)NS(=O)(=O)c1ccccc1)[C@@H](c1ccc(Cl)cc1)c1ccc(OC)nc1. The fourth-order valence-electron chi connectivity index (χ4n) is 5.93. The van der Waals surface area contributed by atoms with E-state index in [1.807, 2.05) is 0 Å². The van der Waals surface area contributed by atoms with Crippen LogP contribution in [-0.2, 0) is 26.0 Å². The van der Waals surface area contributed by atoms with Gasteiger partial charge in [-0.3, -0.25) is 9.79 Å². The predicted octanol–water partition coefficient (Wildman–Crippen LogP) is 6.62. The zero-order chi connectivity index (χ0) is 40.3. The van der Waals surface area contributed by atoms with Gasteiger partial charge in [0.1, 0.15) is 17.5 Å². The molecule has 0 radical (unpaired) electrons. The van der Waals surface area contributed by atoms with E-state index in [4.69, 9.17) is 21.1 Å². The normalized spacial score (nSPS) is 13.9. The molecule has 3 aromatic carbocycles. The van der Waals surface area contributed by atoms with Gasteiger partial charge in [0.2, 0.25) is 21.8 Å². The van der Waals surface area contributed by atoms with Gasteiger partial charge in [-0.2, -0.15) is 0 Å². The van der Waals surface area contributed by atoms with Crippen LogP contribution < -0.4 is 14.8 Å². The zero-order valence-electron chi connectivity index (χ0n) is 31.4. The Labute approximate surface area is 326 Å². The second kappa shape index (κ2) is 19.1. The van der Waals surface area contributed by atoms with E-state index in [0.717, 1.165) is 0 Å². The summed E-state index contributed by atoms with van der Waals surface area (Å²) in [7, 11) is -2.63. The topological polar surface area (TPSA) is 160 Å². The second-order valence-electron chi connectivity index (χ2n) is 14.0. The van der Waals surface area contributed by atoms with E-state index in [1.165, 1.54) is 49.3 Å². The van der Waals surface area contributed by atoms with E-state index < -0.39 is 57.5 Å². The van der Waals surface area contributed by atoms with Crippen molar-refractivity contribution in [1.29, 1.82) is 0 Å². The number of benzene rings is 3. The lowest BCUT2D eigenvalue weighted by Crippen LogP contribution is -2.49. The Bertz CT molecular complexity index is 2010. The number of amides is 2. The van der Waals surface area contributed by atoms with Crippen LogP contribution in [0.5, 0.6) is 5.88 Å². The van der Waals surface area contributed by atoms with Crippen LogP contribution in [0.1, 0.15) is 56.7 Å². The van der Waals surface area contributed by atoms with Crippen molar-refractivity contribution in [1.82, 2.24) is 14.6 Å². The number of sulfonamides is 1. The van der Waals surface area contributed by atoms with Crippen LogP contribution >= 0.6 is 11.6 Å². The van der Waals surface area contributed by atoms with Crippen molar-refractivity contribution in [3.63, 3.8) is 0 Å². The third-order valence-electron chi connectivity index (χ3n) is 8.41. The predicted molar refractivity (Wildman–Crippen MR) is 211 cm³/mol. The molecule has 4 atom stereocenters. The molecule has 4 rings (SSSR count). The lowest BCUT2D eigenvalue weighted by atomic mass is 9.85. The van der Waals surface area contributed by atoms with Gasteiger partial charge in [-0.05, 0) is 94.8 Å². The van der Waals surface area contributed by atoms with E-state index in [-0.39, 0.29) is 42.1 Å². The number of hydrogen-bond acceptors (Lipinski definition) is 9. The van der Waals surface area contributed by atoms with Crippen molar-refractivity contribution in [2.24, 2.45) is 4.99 Å². The van der Waals surface area contributed by atoms with Crippen molar-refractivity contribution in [2.45, 2.75) is 75.1 Å². The number of ether oxygens (including phenoxy) is 2. The van der Waals surface area contributed by atoms with Gasteiger partial charge in [0.05, 0.1) is 18.1 Å². The van der Waals surface area contributed by atoms with E-state index in [9.17, 15) is 23.1 Å². The van der Waals surface area contributed by atoms with Crippen molar-refractivity contribution in [3.05, 3.63) is 119 Å². The van der Waals surface area contributed by atoms with Crippen LogP contribution in [0.3, 0.4) is 0 Å². The maximum atomic E-state index is 15.7. The monoisotopic (exact) mass is 795 g/mol. The van der Waals surface area contributed by atoms with Gasteiger partial charge in [-0.25, -0.2) is 27.3 Å². The first-order chi connectivity index (χ1) is 26.0. The smallest absolute Gasteiger partial charge is 0.410 e. The number of aliphatic imine (C=N–C) groups is 1. The quantitative estimate of drug-likeness (QED) is 0.101. The van der Waals surface area contributed by atoms with Crippen LogP contribution in [0.25, 0.3) is 0 Å². The number of hydrogen-bond donors (Lipinski definition) is 3. The fraction of sp³-hybridized carbons (Fsp3) is 0.350. The molecule has 0 aliphatic heterocycles. The number of pyridine rings is 1. The number of anilines is 1. The molecule has 55 heavy (non-hydrogen) atoms. The average Bonchev–Trinajstić information content (AvgIpc) is 3.13. The highest BCUT2D eigenvalue weighted by molar-refractivity contribution is 7.89. The number of aliphatic hydroxyl groups excluding tert-OH is 1. The number of halogens is 2. The van der Waals surface area contributed by atoms with Crippen molar-refractivity contribution in [2.75, 3.05) is 25.5 Å². The molecule has 3 N–H and O–H groups in total. The standard InChI is InChI=1S/C40H47ClFN5O7S/c1-26(48)24-47(39(50)54-40(2,3)4)25-30(46-55(51,52)31-11-8-7-9-12-31)20-21-32-33(42)13-10-14-34(32)45-38(49)37(43-5)36(27-15-18-29(41)19-16-27)28-17-22-35(53-6)44-23-28/h7-19,22-23,26,30,36-37,46,48H,5,20-21,24-25H2,1-4,6H3,(H,45,49)/t26-,30-,36-,37-/m0/s1. The Balaban J connectivity index is 1.66. The van der Waals surface area contributed by atoms with Gasteiger partial charge in [0, 0.05) is 53.6 Å². The molecule has 294 valence electrons. The van der Waals surface area contributed by atoms with Gasteiger partial charge in [0.15, 0.2) is 0 Å². The molecule has 0 saturated heterocycles. The number of nitrogens with one attached hydrogen (secondary N) is 2. The van der Waals surface area contributed by atoms with E-state index >= 15 is 4.39 Å². The first-order valence-corrected chi connectivity index (χ1v) is 19.4. The summed E-state index contributed by atoms with van der Waals surface area (Å²) in [5, 5.41) is 13.6. The van der Waals surface area contributed by atoms with E-state index in [2.05, 4.69) is 26.7 Å². The number of aliphatic hydroxyl groups is 1. The summed E-state index contributed by atoms with van der Waals surface area (Å²) >= 11 is 6.17. The van der Waals surface area contributed by atoms with Crippen molar-refractivity contribution >= 4 is 46.0 Å². The summed E-state index contributed by atoms with van der Waals surface area (Å²) in [6.07, 6.45) is -0.254. The largest absolute Gasteiger partial charge is 0.481 e. The fourth-order valence-corrected chi connectivity index (χ4v) is 7.34. The Morgan fingerprint density at radius 1 is 1.00 bits per heavy atom. The molecule has 0 spiro atoms. The van der Waals surface area contributed by atoms with Gasteiger partial charge >= 0.3 is 6.09 Å². The number of carbonyl (C=O) groups is 2. The molecule has 12 nitrogen and oxygen atoms in total. The Hall–Kier alpha value is -4.89. The van der Waals surface area contributed by atoms with Gasteiger partial charge in [-0.15, -0.1) is 0 Å². The minimum Gasteiger partial charge on any atom is -0.481 e. The van der Waals surface area contributed by atoms with Gasteiger partial charge < -0.3 is 24.8 Å². The molecule has 0 aliphatic carbocycles. The molecule has 0 bridgehead atoms. The Kier molecular flexibility index (Phi) is 14.9. The summed E-state index contributed by atoms with van der Waals surface area (Å²) in [5.74, 6) is -1.53. The number of carbonyl (C=O) groups excluding carboxylic acids is 2. The van der Waals surface area contributed by atoms with Crippen LogP contribution in [0.2, 0.25) is 5.02 Å². The van der Waals surface area contributed by atoms with Crippen LogP contribution in [0.15, 0.2) is 101 Å². The molecule has 0 aliphatic rings. The second-order valence-corrected chi connectivity index (χ2v) is 16.1. The molecule has 15 heteroatoms. The highest BCUT2D eigenvalue weighted by Gasteiger charge is 2.32. The molecule has 2 amide bonds. The molecule has 4 aromatic rings. The zero-order valence-corrected chi connectivity index (χ0v) is 33.0. The van der Waals surface area contributed by atoms with Crippen LogP contribution in [0, 0.1) is 5.82 Å². The summed E-state index contributed by atoms with van der Waals surface area (Å²) in [6.45, 7) is 9.88. The van der Waals surface area contributed by atoms with Crippen LogP contribution in [0.4, 0.5) is 14.9 Å². The first-order valence-electron chi connectivity index (χ1n) is 17.5. The number of aromatic nitrogens is 1. The molecule has 1 aromatic heterocycles. The summed E-state index contributed by atoms with van der Waals surface area (Å²) in [4.78, 5) is 37.1. The third-order valence-corrected chi connectivity index (χ3v) is 10.2. The molecule has 0 unspecified atom stereocenters. The number of nitrogens with zero attached hydrogens (tertiary/aromatic N) is 3. The Morgan fingerprint density at radius 3 is 2.25 bits per heavy atom. The molecular weight excluding hydrogens is 749 g/mol. The summed E-state index contributed by atoms with van der Waals surface area (Å²) < 4.78 is 56.2. The van der Waals surface area contributed by atoms with Gasteiger partial charge in [-0.1, -0.05) is 54.1 Å². The van der Waals surface area contributed by atoms with Crippen molar-refractivity contribution in [3.8, 4) is 5.88 Å². The first kappa shape index (κ1) is 42.8. The minimum atomic E-state index is -4.12. The summed E-state index contributed by atoms with van der Waals surface area (Å²) in [5.41, 5.74) is 0.691. The maximum absolute atomic E-state index is 15.7. The molecule has 0 fully saturated rings. The molecule has 0 saturated carbocycles.